The van der Waals surface area contributed by atoms with Crippen molar-refractivity contribution < 1.29 is 19.2 Å². The van der Waals surface area contributed by atoms with Gasteiger partial charge in [0.25, 0.3) is 0 Å². The molecule has 64 valence electrons. The van der Waals surface area contributed by atoms with Gasteiger partial charge in [0.05, 0.1) is 0 Å². The molecule has 0 bridgehead atoms. The van der Waals surface area contributed by atoms with Gasteiger partial charge >= 0.3 is 7.82 Å². The van der Waals surface area contributed by atoms with Gasteiger partial charge in [-0.3, -0.25) is 0 Å². The standard InChI is InChI=1S/2ClH.2H3N.H3O4P/c;;;;1-5(2,3)4/h2*1H;2*1H3;(H3,1,2,3,4). The largest absolute Gasteiger partial charge is 0.466 e. The van der Waals surface area contributed by atoms with Gasteiger partial charge in [-0.25, -0.2) is 4.57 Å². The van der Waals surface area contributed by atoms with E-state index in [0.29, 0.717) is 0 Å². The van der Waals surface area contributed by atoms with Crippen LogP contribution in [0.25, 0.3) is 0 Å². The summed E-state index contributed by atoms with van der Waals surface area (Å²) in [5, 5.41) is 0. The van der Waals surface area contributed by atoms with Gasteiger partial charge in [-0.2, -0.15) is 0 Å². The molecule has 0 spiro atoms. The smallest absolute Gasteiger partial charge is 0.344 e. The van der Waals surface area contributed by atoms with E-state index in [1.165, 1.54) is 0 Å². The normalized spacial score (nSPS) is 6.56. The van der Waals surface area contributed by atoms with Crippen molar-refractivity contribution >= 4 is 32.6 Å². The fourth-order valence-electron chi connectivity index (χ4n) is 0. The Morgan fingerprint density at radius 2 is 0.889 bits per heavy atom. The molecule has 0 aromatic carbocycles. The fraction of sp³-hybridized carbons (Fsp3) is 0. The molecule has 9 heteroatoms. The van der Waals surface area contributed by atoms with Crippen LogP contribution in [0.2, 0.25) is 0 Å². The van der Waals surface area contributed by atoms with Crippen LogP contribution in [-0.2, 0) is 4.57 Å². The van der Waals surface area contributed by atoms with Crippen LogP contribution in [0.1, 0.15) is 0 Å². The third-order valence-electron chi connectivity index (χ3n) is 0. The molecular formula is H11Cl2N2O4P. The van der Waals surface area contributed by atoms with Crippen molar-refractivity contribution in [2.24, 2.45) is 0 Å². The van der Waals surface area contributed by atoms with Crippen LogP contribution in [-0.4, -0.2) is 14.7 Å². The summed E-state index contributed by atoms with van der Waals surface area (Å²) in [5.41, 5.74) is 0. The Labute approximate surface area is 64.9 Å². The van der Waals surface area contributed by atoms with E-state index in [-0.39, 0.29) is 37.1 Å². The Morgan fingerprint density at radius 3 is 0.889 bits per heavy atom. The summed E-state index contributed by atoms with van der Waals surface area (Å²) in [4.78, 5) is 21.6. The van der Waals surface area contributed by atoms with E-state index in [2.05, 4.69) is 0 Å². The molecule has 0 amide bonds. The zero-order valence-corrected chi connectivity index (χ0v) is 6.96. The zero-order chi connectivity index (χ0) is 4.50. The minimum atomic E-state index is -4.64. The van der Waals surface area contributed by atoms with Crippen LogP contribution < -0.4 is 12.3 Å². The molecule has 0 atom stereocenters. The molecule has 0 saturated carbocycles. The maximum Gasteiger partial charge on any atom is 0.466 e. The van der Waals surface area contributed by atoms with Crippen molar-refractivity contribution in [1.29, 1.82) is 0 Å². The molecule has 0 aromatic rings. The lowest BCUT2D eigenvalue weighted by molar-refractivity contribution is 0.275. The van der Waals surface area contributed by atoms with Gasteiger partial charge in [0.1, 0.15) is 0 Å². The van der Waals surface area contributed by atoms with E-state index in [9.17, 15) is 0 Å². The summed E-state index contributed by atoms with van der Waals surface area (Å²) in [6, 6.07) is 0. The minimum absolute atomic E-state index is 0. The fourth-order valence-corrected chi connectivity index (χ4v) is 0. The lowest BCUT2D eigenvalue weighted by Crippen LogP contribution is -1.66. The third kappa shape index (κ3) is 1010. The average Bonchev–Trinajstić information content (AvgIpc) is 0.722. The quantitative estimate of drug-likeness (QED) is 0.357. The third-order valence-corrected chi connectivity index (χ3v) is 0. The maximum atomic E-state index is 8.88. The Bertz CT molecular complexity index is 62.7. The Morgan fingerprint density at radius 1 is 0.889 bits per heavy atom. The van der Waals surface area contributed by atoms with Crippen molar-refractivity contribution in [2.45, 2.75) is 0 Å². The molecule has 0 aliphatic heterocycles. The molecule has 9 N–H and O–H groups in total. The van der Waals surface area contributed by atoms with Gasteiger partial charge in [0.15, 0.2) is 0 Å². The maximum absolute atomic E-state index is 8.88. The summed E-state index contributed by atoms with van der Waals surface area (Å²) in [7, 11) is -4.64. The first-order valence-electron chi connectivity index (χ1n) is 0.783. The molecule has 6 nitrogen and oxygen atoms in total. The van der Waals surface area contributed by atoms with Crippen LogP contribution in [0, 0.1) is 0 Å². The molecule has 0 aliphatic rings. The highest BCUT2D eigenvalue weighted by atomic mass is 35.5. The SMILES string of the molecule is Cl.Cl.N.N.O=P(O)(O)O. The van der Waals surface area contributed by atoms with Crippen LogP contribution in [0.5, 0.6) is 0 Å². The summed E-state index contributed by atoms with van der Waals surface area (Å²) >= 11 is 0. The van der Waals surface area contributed by atoms with E-state index >= 15 is 0 Å². The van der Waals surface area contributed by atoms with E-state index in [1.807, 2.05) is 0 Å². The van der Waals surface area contributed by atoms with Gasteiger partial charge in [-0.05, 0) is 0 Å². The summed E-state index contributed by atoms with van der Waals surface area (Å²) in [6.45, 7) is 0. The molecule has 0 radical (unpaired) electrons. The van der Waals surface area contributed by atoms with Gasteiger partial charge < -0.3 is 27.0 Å². The number of phosphoric acid groups is 1. The van der Waals surface area contributed by atoms with Gasteiger partial charge in [-0.15, -0.1) is 24.8 Å². The Balaban J connectivity index is -0.0000000133. The number of hydrogen-bond donors (Lipinski definition) is 5. The second kappa shape index (κ2) is 11.4. The molecule has 9 heavy (non-hydrogen) atoms. The number of halogens is 2. The summed E-state index contributed by atoms with van der Waals surface area (Å²) in [5.74, 6) is 0. The molecule has 0 heterocycles. The topological polar surface area (TPSA) is 148 Å². The molecule has 0 fully saturated rings. The number of rotatable bonds is 0. The highest BCUT2D eigenvalue weighted by Crippen LogP contribution is 2.25. The molecule has 0 aromatic heterocycles. The Kier molecular flexibility index (Phi) is 42.5. The van der Waals surface area contributed by atoms with Crippen molar-refractivity contribution in [1.82, 2.24) is 12.3 Å². The first kappa shape index (κ1) is 33.5. The van der Waals surface area contributed by atoms with E-state index < -0.39 is 7.82 Å². The van der Waals surface area contributed by atoms with Crippen molar-refractivity contribution in [2.75, 3.05) is 0 Å². The Hall–Kier alpha value is 0.610. The van der Waals surface area contributed by atoms with E-state index in [1.54, 1.807) is 0 Å². The molecular weight excluding hydrogens is 194 g/mol. The zero-order valence-electron chi connectivity index (χ0n) is 4.43. The lowest BCUT2D eigenvalue weighted by Gasteiger charge is -1.82. The van der Waals surface area contributed by atoms with Crippen LogP contribution in [0.4, 0.5) is 0 Å². The molecule has 0 saturated heterocycles. The minimum Gasteiger partial charge on any atom is -0.344 e. The van der Waals surface area contributed by atoms with Gasteiger partial charge in [-0.1, -0.05) is 0 Å². The molecule has 0 unspecified atom stereocenters. The first-order valence-corrected chi connectivity index (χ1v) is 2.35. The number of hydrogen-bond acceptors (Lipinski definition) is 3. The summed E-state index contributed by atoms with van der Waals surface area (Å²) < 4.78 is 8.88. The predicted octanol–water partition coefficient (Wildman–Crippen LogP) is 0.239. The van der Waals surface area contributed by atoms with Crippen LogP contribution in [0.15, 0.2) is 0 Å². The molecule has 0 rings (SSSR count). The van der Waals surface area contributed by atoms with Crippen molar-refractivity contribution in [3.8, 4) is 0 Å². The van der Waals surface area contributed by atoms with Crippen molar-refractivity contribution in [3.63, 3.8) is 0 Å². The molecule has 0 aliphatic carbocycles. The van der Waals surface area contributed by atoms with Crippen LogP contribution >= 0.6 is 32.6 Å². The highest BCUT2D eigenvalue weighted by Gasteiger charge is 2.00. The predicted molar refractivity (Wildman–Crippen MR) is 38.8 cm³/mol. The van der Waals surface area contributed by atoms with E-state index in [0.717, 1.165) is 0 Å². The van der Waals surface area contributed by atoms with Gasteiger partial charge in [0.2, 0.25) is 0 Å². The second-order valence-corrected chi connectivity index (χ2v) is 1.54. The second-order valence-electron chi connectivity index (χ2n) is 0.513. The highest BCUT2D eigenvalue weighted by molar-refractivity contribution is 7.45. The average molecular weight is 205 g/mol. The van der Waals surface area contributed by atoms with Crippen LogP contribution in [0.3, 0.4) is 0 Å². The van der Waals surface area contributed by atoms with Crippen molar-refractivity contribution in [3.05, 3.63) is 0 Å². The summed E-state index contributed by atoms with van der Waals surface area (Å²) in [6.07, 6.45) is 0. The lowest BCUT2D eigenvalue weighted by atomic mass is 14.0. The first-order chi connectivity index (χ1) is 2.00. The van der Waals surface area contributed by atoms with Gasteiger partial charge in [0, 0.05) is 0 Å². The monoisotopic (exact) mass is 204 g/mol. The van der Waals surface area contributed by atoms with E-state index in [4.69, 9.17) is 19.2 Å².